The van der Waals surface area contributed by atoms with E-state index in [2.05, 4.69) is 17.5 Å². The third-order valence-corrected chi connectivity index (χ3v) is 5.96. The lowest BCUT2D eigenvalue weighted by atomic mass is 10.0. The van der Waals surface area contributed by atoms with Crippen molar-refractivity contribution in [3.8, 4) is 17.2 Å². The van der Waals surface area contributed by atoms with E-state index in [1.165, 1.54) is 11.8 Å². The van der Waals surface area contributed by atoms with Crippen molar-refractivity contribution in [2.45, 2.75) is 18.9 Å². The summed E-state index contributed by atoms with van der Waals surface area (Å²) < 4.78 is 0. The number of hydrogen-bond acceptors (Lipinski definition) is 4. The highest BCUT2D eigenvalue weighted by molar-refractivity contribution is 8.00. The zero-order chi connectivity index (χ0) is 21.8. The van der Waals surface area contributed by atoms with Gasteiger partial charge in [0.1, 0.15) is 11.1 Å². The van der Waals surface area contributed by atoms with E-state index in [4.69, 9.17) is 4.98 Å². The molecule has 1 heterocycles. The molecule has 0 unspecified atom stereocenters. The first kappa shape index (κ1) is 20.6. The highest BCUT2D eigenvalue weighted by Crippen LogP contribution is 2.29. The van der Waals surface area contributed by atoms with Gasteiger partial charge in [0.25, 0.3) is 0 Å². The molecule has 152 valence electrons. The van der Waals surface area contributed by atoms with Gasteiger partial charge in [0.15, 0.2) is 0 Å². The van der Waals surface area contributed by atoms with E-state index >= 15 is 0 Å². The zero-order valence-electron chi connectivity index (χ0n) is 17.3. The summed E-state index contributed by atoms with van der Waals surface area (Å²) in [6.45, 7) is 4.04. The van der Waals surface area contributed by atoms with Crippen LogP contribution in [0.15, 0.2) is 77.8 Å². The number of rotatable bonds is 5. The van der Waals surface area contributed by atoms with E-state index in [-0.39, 0.29) is 11.7 Å². The predicted molar refractivity (Wildman–Crippen MR) is 127 cm³/mol. The van der Waals surface area contributed by atoms with Crippen LogP contribution in [-0.4, -0.2) is 16.6 Å². The number of para-hydroxylation sites is 1. The van der Waals surface area contributed by atoms with Gasteiger partial charge in [0.2, 0.25) is 5.91 Å². The molecule has 1 aromatic heterocycles. The lowest BCUT2D eigenvalue weighted by Crippen LogP contribution is -2.15. The Morgan fingerprint density at radius 3 is 2.55 bits per heavy atom. The van der Waals surface area contributed by atoms with Crippen molar-refractivity contribution in [2.75, 3.05) is 11.1 Å². The summed E-state index contributed by atoms with van der Waals surface area (Å²) in [7, 11) is 0. The summed E-state index contributed by atoms with van der Waals surface area (Å²) in [6, 6.07) is 25.9. The molecule has 5 heteroatoms. The first-order valence-electron chi connectivity index (χ1n) is 9.94. The molecule has 1 N–H and O–H groups in total. The maximum atomic E-state index is 12.7. The quantitative estimate of drug-likeness (QED) is 0.393. The molecular formula is C26H21N3OS. The number of aryl methyl sites for hydroxylation is 2. The monoisotopic (exact) mass is 423 g/mol. The normalized spacial score (nSPS) is 10.6. The summed E-state index contributed by atoms with van der Waals surface area (Å²) in [5.74, 6) is 0.0288. The van der Waals surface area contributed by atoms with Crippen molar-refractivity contribution >= 4 is 34.3 Å². The number of amides is 1. The van der Waals surface area contributed by atoms with Gasteiger partial charge in [0, 0.05) is 16.6 Å². The van der Waals surface area contributed by atoms with Crippen LogP contribution in [0, 0.1) is 25.2 Å². The molecule has 0 aliphatic rings. The van der Waals surface area contributed by atoms with Gasteiger partial charge in [-0.15, -0.1) is 0 Å². The molecule has 0 spiro atoms. The van der Waals surface area contributed by atoms with E-state index in [1.807, 2.05) is 80.6 Å². The first-order chi connectivity index (χ1) is 15.0. The van der Waals surface area contributed by atoms with Crippen molar-refractivity contribution in [3.63, 3.8) is 0 Å². The Labute approximate surface area is 185 Å². The Morgan fingerprint density at radius 2 is 1.77 bits per heavy atom. The number of nitrogens with zero attached hydrogens (tertiary/aromatic N) is 2. The Kier molecular flexibility index (Phi) is 6.01. The minimum absolute atomic E-state index is 0.139. The van der Waals surface area contributed by atoms with E-state index < -0.39 is 0 Å². The molecule has 0 aliphatic carbocycles. The van der Waals surface area contributed by atoms with Crippen molar-refractivity contribution < 1.29 is 4.79 Å². The van der Waals surface area contributed by atoms with Crippen LogP contribution >= 0.6 is 11.8 Å². The number of hydrogen-bond donors (Lipinski definition) is 1. The predicted octanol–water partition coefficient (Wildman–Crippen LogP) is 6.12. The number of nitrogens with one attached hydrogen (secondary N) is 1. The van der Waals surface area contributed by atoms with Gasteiger partial charge in [0.05, 0.1) is 16.8 Å². The third kappa shape index (κ3) is 4.60. The maximum Gasteiger partial charge on any atom is 0.234 e. The van der Waals surface area contributed by atoms with Crippen LogP contribution in [0.4, 0.5) is 5.69 Å². The number of benzene rings is 3. The minimum Gasteiger partial charge on any atom is -0.325 e. The number of aromatic nitrogens is 1. The molecule has 1 amide bonds. The molecule has 0 bridgehead atoms. The number of pyridine rings is 1. The SMILES string of the molecule is Cc1cc(C)c2nc(SCC(=O)Nc3ccccc3-c3ccccc3)c(C#N)cc2c1. The molecule has 0 saturated carbocycles. The second-order valence-corrected chi connectivity index (χ2v) is 8.32. The lowest BCUT2D eigenvalue weighted by Gasteiger charge is -2.12. The molecule has 0 atom stereocenters. The van der Waals surface area contributed by atoms with E-state index in [0.717, 1.165) is 38.8 Å². The van der Waals surface area contributed by atoms with Gasteiger partial charge in [-0.05, 0) is 43.2 Å². The molecule has 0 aliphatic heterocycles. The van der Waals surface area contributed by atoms with Crippen molar-refractivity contribution in [1.82, 2.24) is 4.98 Å². The van der Waals surface area contributed by atoms with E-state index in [1.54, 1.807) is 0 Å². The average Bonchev–Trinajstić information content (AvgIpc) is 2.78. The second-order valence-electron chi connectivity index (χ2n) is 7.35. The minimum atomic E-state index is -0.139. The molecule has 31 heavy (non-hydrogen) atoms. The highest BCUT2D eigenvalue weighted by Gasteiger charge is 2.13. The standard InChI is InChI=1S/C26H21N3OS/c1-17-12-18(2)25-20(13-17)14-21(15-27)26(29-25)31-16-24(30)28-23-11-7-6-10-22(23)19-8-4-3-5-9-19/h3-14H,16H2,1-2H3,(H,28,30). The van der Waals surface area contributed by atoms with Gasteiger partial charge >= 0.3 is 0 Å². The Morgan fingerprint density at radius 1 is 1.03 bits per heavy atom. The molecule has 4 nitrogen and oxygen atoms in total. The third-order valence-electron chi connectivity index (χ3n) is 4.96. The molecule has 0 fully saturated rings. The average molecular weight is 424 g/mol. The second kappa shape index (κ2) is 9.03. The van der Waals surface area contributed by atoms with Crippen LogP contribution in [0.3, 0.4) is 0 Å². The molecule has 4 rings (SSSR count). The fourth-order valence-corrected chi connectivity index (χ4v) is 4.36. The van der Waals surface area contributed by atoms with Crippen molar-refractivity contribution in [1.29, 1.82) is 5.26 Å². The summed E-state index contributed by atoms with van der Waals surface area (Å²) in [6.07, 6.45) is 0. The molecule has 0 radical (unpaired) electrons. The van der Waals surface area contributed by atoms with Gasteiger partial charge < -0.3 is 5.32 Å². The summed E-state index contributed by atoms with van der Waals surface area (Å²) in [4.78, 5) is 17.4. The Balaban J connectivity index is 1.54. The van der Waals surface area contributed by atoms with Crippen LogP contribution in [0.1, 0.15) is 16.7 Å². The van der Waals surface area contributed by atoms with Crippen LogP contribution < -0.4 is 5.32 Å². The number of carbonyl (C=O) groups is 1. The number of fused-ring (bicyclic) bond motifs is 1. The number of carbonyl (C=O) groups excluding carboxylic acids is 1. The maximum absolute atomic E-state index is 12.7. The lowest BCUT2D eigenvalue weighted by molar-refractivity contribution is -0.113. The van der Waals surface area contributed by atoms with E-state index in [9.17, 15) is 10.1 Å². The Hall–Kier alpha value is -3.62. The molecule has 0 saturated heterocycles. The zero-order valence-corrected chi connectivity index (χ0v) is 18.2. The molecule has 3 aromatic carbocycles. The summed E-state index contributed by atoms with van der Waals surface area (Å²) >= 11 is 1.28. The molecular weight excluding hydrogens is 402 g/mol. The number of thioether (sulfide) groups is 1. The van der Waals surface area contributed by atoms with Crippen LogP contribution in [0.2, 0.25) is 0 Å². The number of nitriles is 1. The van der Waals surface area contributed by atoms with Crippen LogP contribution in [0.25, 0.3) is 22.0 Å². The Bertz CT molecular complexity index is 1310. The topological polar surface area (TPSA) is 65.8 Å². The summed E-state index contributed by atoms with van der Waals surface area (Å²) in [5.41, 5.74) is 6.31. The van der Waals surface area contributed by atoms with Gasteiger partial charge in [-0.1, -0.05) is 71.9 Å². The molecule has 4 aromatic rings. The van der Waals surface area contributed by atoms with Crippen LogP contribution in [0.5, 0.6) is 0 Å². The van der Waals surface area contributed by atoms with E-state index in [0.29, 0.717) is 10.6 Å². The largest absolute Gasteiger partial charge is 0.325 e. The van der Waals surface area contributed by atoms with Gasteiger partial charge in [-0.25, -0.2) is 4.98 Å². The fraction of sp³-hybridized carbons (Fsp3) is 0.115. The first-order valence-corrected chi connectivity index (χ1v) is 10.9. The van der Waals surface area contributed by atoms with Gasteiger partial charge in [-0.3, -0.25) is 4.79 Å². The van der Waals surface area contributed by atoms with Crippen LogP contribution in [-0.2, 0) is 4.79 Å². The van der Waals surface area contributed by atoms with Crippen molar-refractivity contribution in [2.24, 2.45) is 0 Å². The van der Waals surface area contributed by atoms with Crippen molar-refractivity contribution in [3.05, 3.63) is 89.5 Å². The highest BCUT2D eigenvalue weighted by atomic mass is 32.2. The number of anilines is 1. The fourth-order valence-electron chi connectivity index (χ4n) is 3.61. The summed E-state index contributed by atoms with van der Waals surface area (Å²) in [5, 5.41) is 14.1. The van der Waals surface area contributed by atoms with Gasteiger partial charge in [-0.2, -0.15) is 5.26 Å². The smallest absolute Gasteiger partial charge is 0.234 e.